The van der Waals surface area contributed by atoms with Gasteiger partial charge in [0.25, 0.3) is 23.4 Å². The van der Waals surface area contributed by atoms with E-state index < -0.39 is 34.2 Å². The molecule has 4 amide bonds. The Kier molecular flexibility index (Phi) is 10.1. The van der Waals surface area contributed by atoms with E-state index in [9.17, 15) is 29.3 Å². The highest BCUT2D eigenvalue weighted by molar-refractivity contribution is 6.14. The number of hydrogen-bond donors (Lipinski definition) is 7. The van der Waals surface area contributed by atoms with Gasteiger partial charge in [-0.25, -0.2) is 0 Å². The van der Waals surface area contributed by atoms with Gasteiger partial charge in [-0.15, -0.1) is 0 Å². The van der Waals surface area contributed by atoms with E-state index in [4.69, 9.17) is 28.0 Å². The van der Waals surface area contributed by atoms with Crippen molar-refractivity contribution in [1.82, 2.24) is 19.8 Å². The van der Waals surface area contributed by atoms with Gasteiger partial charge in [-0.1, -0.05) is 0 Å². The van der Waals surface area contributed by atoms with Crippen LogP contribution < -0.4 is 32.7 Å². The Morgan fingerprint density at radius 2 is 1.29 bits per heavy atom. The highest BCUT2D eigenvalue weighted by Crippen LogP contribution is 2.37. The number of rotatable bonds is 17. The molecule has 0 bridgehead atoms. The second-order valence-corrected chi connectivity index (χ2v) is 12.4. The number of hydrogen-bond acceptors (Lipinski definition) is 8. The average Bonchev–Trinajstić information content (AvgIpc) is 3.95. The molecule has 5 rings (SSSR count). The third-order valence-electron chi connectivity index (χ3n) is 8.32. The maximum atomic E-state index is 14.5. The van der Waals surface area contributed by atoms with E-state index in [0.29, 0.717) is 24.9 Å². The highest BCUT2D eigenvalue weighted by Gasteiger charge is 2.33. The predicted molar refractivity (Wildman–Crippen MR) is 180 cm³/mol. The molecule has 0 spiro atoms. The van der Waals surface area contributed by atoms with Crippen LogP contribution in [0.4, 0.5) is 17.1 Å². The Morgan fingerprint density at radius 1 is 0.816 bits per heavy atom. The first-order valence-electron chi connectivity index (χ1n) is 15.9. The molecule has 3 aromatic rings. The van der Waals surface area contributed by atoms with Crippen LogP contribution in [0.3, 0.4) is 0 Å². The Balaban J connectivity index is 1.62. The minimum absolute atomic E-state index is 0.0908. The maximum Gasteiger partial charge on any atom is 0.282 e. The summed E-state index contributed by atoms with van der Waals surface area (Å²) in [4.78, 5) is 65.7. The third kappa shape index (κ3) is 8.48. The number of amides is 4. The lowest BCUT2D eigenvalue weighted by Crippen LogP contribution is -2.29. The molecule has 0 unspecified atom stereocenters. The van der Waals surface area contributed by atoms with Gasteiger partial charge in [-0.3, -0.25) is 45.0 Å². The summed E-state index contributed by atoms with van der Waals surface area (Å²) in [6, 6.07) is 6.31. The van der Waals surface area contributed by atoms with Crippen LogP contribution in [0.2, 0.25) is 0 Å². The van der Waals surface area contributed by atoms with Crippen molar-refractivity contribution in [2.24, 2.45) is 29.0 Å². The molecular weight excluding hydrogens is 634 g/mol. The Bertz CT molecular complexity index is 1750. The summed E-state index contributed by atoms with van der Waals surface area (Å²) < 4.78 is 3.44. The summed E-state index contributed by atoms with van der Waals surface area (Å²) in [6.45, 7) is 1.20. The molecule has 2 aliphatic rings. The summed E-state index contributed by atoms with van der Waals surface area (Å²) in [6.07, 6.45) is 7.37. The van der Waals surface area contributed by atoms with Gasteiger partial charge >= 0.3 is 0 Å². The Labute approximate surface area is 280 Å². The molecule has 2 heterocycles. The monoisotopic (exact) mass is 673 g/mol. The van der Waals surface area contributed by atoms with E-state index in [2.05, 4.69) is 10.6 Å². The molecule has 1 aromatic carbocycles. The normalized spacial score (nSPS) is 13.8. The molecule has 0 atom stereocenters. The lowest BCUT2D eigenvalue weighted by atomic mass is 10.1. The van der Waals surface area contributed by atoms with Crippen molar-refractivity contribution < 1.29 is 24.1 Å². The average molecular weight is 674 g/mol. The van der Waals surface area contributed by atoms with Gasteiger partial charge in [-0.05, 0) is 61.8 Å². The summed E-state index contributed by atoms with van der Waals surface area (Å²) in [5.41, 5.74) is 16.0. The van der Waals surface area contributed by atoms with Crippen LogP contribution in [0, 0.1) is 32.8 Å². The summed E-state index contributed by atoms with van der Waals surface area (Å²) in [5, 5.41) is 32.6. The Morgan fingerprint density at radius 3 is 1.67 bits per heavy atom. The van der Waals surface area contributed by atoms with E-state index in [0.717, 1.165) is 37.8 Å². The molecular formula is C32H39N11O6. The number of carbonyl (C=O) groups is 4. The molecule has 0 aliphatic heterocycles. The number of aromatic nitrogens is 2. The van der Waals surface area contributed by atoms with Crippen LogP contribution in [0.15, 0.2) is 42.7 Å². The van der Waals surface area contributed by atoms with Crippen molar-refractivity contribution in [3.05, 3.63) is 75.4 Å². The molecule has 10 N–H and O–H groups in total. The van der Waals surface area contributed by atoms with Gasteiger partial charge in [0.1, 0.15) is 17.0 Å². The zero-order valence-electron chi connectivity index (χ0n) is 26.7. The lowest BCUT2D eigenvalue weighted by Gasteiger charge is -2.20. The standard InChI is InChI=1S/C32H39N11O6/c33-27(34)7-9-38-30(45)25-12-21(16-40(25)14-18-1-2-18)42(32(47)23-6-5-20(29(37)44)11-24(23)43(48)49)22-13-26(31(46)39-10-8-28(35)36)41(17-22)15-19-3-4-19/h5-6,11-13,16-19H,1-4,7-10,14-15H2,(H3,33,34)(H3,35,36)(H2,37,44)(H,38,45)(H,39,46). The topological polar surface area (TPSA) is 274 Å². The van der Waals surface area contributed by atoms with Gasteiger partial charge in [0.05, 0.1) is 28.0 Å². The number of benzene rings is 1. The molecule has 2 fully saturated rings. The van der Waals surface area contributed by atoms with Gasteiger partial charge < -0.3 is 37.0 Å². The highest BCUT2D eigenvalue weighted by atomic mass is 16.6. The van der Waals surface area contributed by atoms with Crippen molar-refractivity contribution >= 4 is 52.4 Å². The number of nitro benzene ring substituents is 1. The molecule has 49 heavy (non-hydrogen) atoms. The van der Waals surface area contributed by atoms with Crippen LogP contribution in [-0.2, 0) is 13.1 Å². The largest absolute Gasteiger partial charge is 0.388 e. The van der Waals surface area contributed by atoms with Crippen LogP contribution >= 0.6 is 0 Å². The number of carbonyl (C=O) groups excluding carboxylic acids is 4. The molecule has 2 aromatic heterocycles. The predicted octanol–water partition coefficient (Wildman–Crippen LogP) is 2.21. The third-order valence-corrected chi connectivity index (χ3v) is 8.32. The van der Waals surface area contributed by atoms with Gasteiger partial charge in [0.15, 0.2) is 0 Å². The van der Waals surface area contributed by atoms with Crippen LogP contribution in [0.5, 0.6) is 0 Å². The number of nitrogens with one attached hydrogen (secondary N) is 4. The van der Waals surface area contributed by atoms with Crippen LogP contribution in [0.1, 0.15) is 80.2 Å². The number of anilines is 2. The Hall–Kier alpha value is -6.00. The lowest BCUT2D eigenvalue weighted by molar-refractivity contribution is -0.385. The zero-order valence-corrected chi connectivity index (χ0v) is 26.7. The van der Waals surface area contributed by atoms with Gasteiger partial charge in [0.2, 0.25) is 5.91 Å². The van der Waals surface area contributed by atoms with Crippen molar-refractivity contribution in [3.63, 3.8) is 0 Å². The molecule has 2 saturated carbocycles. The minimum Gasteiger partial charge on any atom is -0.388 e. The van der Waals surface area contributed by atoms with Crippen molar-refractivity contribution in [2.75, 3.05) is 18.0 Å². The van der Waals surface area contributed by atoms with E-state index in [1.165, 1.54) is 23.1 Å². The molecule has 17 heteroatoms. The summed E-state index contributed by atoms with van der Waals surface area (Å²) in [7, 11) is 0. The smallest absolute Gasteiger partial charge is 0.282 e. The fourth-order valence-corrected chi connectivity index (χ4v) is 5.40. The number of primary amides is 1. The second-order valence-electron chi connectivity index (χ2n) is 12.4. The van der Waals surface area contributed by atoms with Gasteiger partial charge in [-0.2, -0.15) is 0 Å². The number of amidine groups is 2. The fourth-order valence-electron chi connectivity index (χ4n) is 5.40. The first kappa shape index (κ1) is 34.3. The molecule has 0 saturated heterocycles. The van der Waals surface area contributed by atoms with E-state index in [-0.39, 0.29) is 71.5 Å². The number of nitrogens with zero attached hydrogens (tertiary/aromatic N) is 4. The van der Waals surface area contributed by atoms with Crippen LogP contribution in [0.25, 0.3) is 0 Å². The zero-order chi connectivity index (χ0) is 35.4. The summed E-state index contributed by atoms with van der Waals surface area (Å²) >= 11 is 0. The van der Waals surface area contributed by atoms with Crippen molar-refractivity contribution in [2.45, 2.75) is 51.6 Å². The molecule has 258 valence electrons. The molecule has 0 radical (unpaired) electrons. The van der Waals surface area contributed by atoms with E-state index in [1.807, 2.05) is 0 Å². The van der Waals surface area contributed by atoms with Crippen molar-refractivity contribution in [1.29, 1.82) is 10.8 Å². The number of nitrogens with two attached hydrogens (primary N) is 3. The first-order valence-corrected chi connectivity index (χ1v) is 15.9. The number of nitro groups is 1. The minimum atomic E-state index is -0.908. The molecule has 17 nitrogen and oxygen atoms in total. The van der Waals surface area contributed by atoms with Gasteiger partial charge in [0, 0.05) is 63.0 Å². The van der Waals surface area contributed by atoms with E-state index in [1.54, 1.807) is 21.5 Å². The fraction of sp³-hybridized carbons (Fsp3) is 0.375. The maximum absolute atomic E-state index is 14.5. The van der Waals surface area contributed by atoms with Crippen molar-refractivity contribution in [3.8, 4) is 0 Å². The van der Waals surface area contributed by atoms with Crippen LogP contribution in [-0.4, -0.2) is 62.4 Å². The quantitative estimate of drug-likeness (QED) is 0.0482. The first-order chi connectivity index (χ1) is 23.3. The summed E-state index contributed by atoms with van der Waals surface area (Å²) in [5.74, 6) is -2.22. The SMILES string of the molecule is N=C(N)CCNC(=O)c1cc(N(C(=O)c2ccc(C(N)=O)cc2[N+](=O)[O-])c2cc(C(=O)NCCC(=N)N)n(CC3CC3)c2)cn1CC1CC1. The molecule has 2 aliphatic carbocycles. The van der Waals surface area contributed by atoms with E-state index >= 15 is 0 Å². The second kappa shape index (κ2) is 14.4.